The molecule has 2 heterocycles. The van der Waals surface area contributed by atoms with Crippen LogP contribution in [0, 0.1) is 10.1 Å². The van der Waals surface area contributed by atoms with Crippen molar-refractivity contribution >= 4 is 21.8 Å². The van der Waals surface area contributed by atoms with E-state index in [9.17, 15) is 10.1 Å². The second-order valence-electron chi connectivity index (χ2n) is 3.81. The largest absolute Gasteiger partial charge is 0.433 e. The van der Waals surface area contributed by atoms with E-state index in [0.717, 1.165) is 10.0 Å². The summed E-state index contributed by atoms with van der Waals surface area (Å²) in [6, 6.07) is 9.96. The molecular formula is C12H6BrN3O4. The van der Waals surface area contributed by atoms with Gasteiger partial charge in [0, 0.05) is 10.0 Å². The Morgan fingerprint density at radius 2 is 1.70 bits per heavy atom. The molecule has 0 saturated carbocycles. The van der Waals surface area contributed by atoms with Crippen molar-refractivity contribution in [3.63, 3.8) is 0 Å². The highest BCUT2D eigenvalue weighted by Gasteiger charge is 2.18. The molecule has 2 aromatic heterocycles. The number of hydrogen-bond donors (Lipinski definition) is 0. The lowest BCUT2D eigenvalue weighted by atomic mass is 10.2. The minimum absolute atomic E-state index is 0.0935. The Kier molecular flexibility index (Phi) is 3.07. The third kappa shape index (κ3) is 2.32. The lowest BCUT2D eigenvalue weighted by Gasteiger charge is -1.93. The van der Waals surface area contributed by atoms with Gasteiger partial charge in [-0.15, -0.1) is 10.2 Å². The number of benzene rings is 1. The van der Waals surface area contributed by atoms with Gasteiger partial charge >= 0.3 is 5.88 Å². The van der Waals surface area contributed by atoms with Crippen LogP contribution in [0.15, 0.2) is 49.7 Å². The molecule has 0 saturated heterocycles. The van der Waals surface area contributed by atoms with Crippen LogP contribution in [-0.2, 0) is 0 Å². The van der Waals surface area contributed by atoms with Gasteiger partial charge in [-0.2, -0.15) is 0 Å². The summed E-state index contributed by atoms with van der Waals surface area (Å²) in [5.74, 6) is 0.193. The standard InChI is InChI=1S/C12H6BrN3O4/c13-8-3-1-7(2-4-8)11-14-15-12(20-11)9-5-6-10(19-9)16(17)18/h1-6H. The van der Waals surface area contributed by atoms with Gasteiger partial charge in [-0.3, -0.25) is 10.1 Å². The van der Waals surface area contributed by atoms with Gasteiger partial charge in [0.1, 0.15) is 4.92 Å². The number of halogens is 1. The van der Waals surface area contributed by atoms with E-state index >= 15 is 0 Å². The smallest absolute Gasteiger partial charge is 0.413 e. The predicted molar refractivity (Wildman–Crippen MR) is 71.8 cm³/mol. The first kappa shape index (κ1) is 12.5. The number of hydrogen-bond acceptors (Lipinski definition) is 6. The van der Waals surface area contributed by atoms with Gasteiger partial charge in [-0.05, 0) is 30.3 Å². The molecule has 0 spiro atoms. The SMILES string of the molecule is O=[N+]([O-])c1ccc(-c2nnc(-c3ccc(Br)cc3)o2)o1. The maximum atomic E-state index is 10.5. The third-order valence-electron chi connectivity index (χ3n) is 2.50. The molecule has 0 aliphatic carbocycles. The molecule has 0 bridgehead atoms. The second kappa shape index (κ2) is 4.89. The summed E-state index contributed by atoms with van der Waals surface area (Å²) in [6.07, 6.45) is 0. The summed E-state index contributed by atoms with van der Waals surface area (Å²) in [5.41, 5.74) is 0.744. The molecule has 0 aliphatic rings. The van der Waals surface area contributed by atoms with Crippen molar-refractivity contribution in [2.75, 3.05) is 0 Å². The summed E-state index contributed by atoms with van der Waals surface area (Å²) in [6.45, 7) is 0. The van der Waals surface area contributed by atoms with Crippen LogP contribution in [-0.4, -0.2) is 15.1 Å². The molecule has 0 N–H and O–H groups in total. The van der Waals surface area contributed by atoms with E-state index in [-0.39, 0.29) is 17.5 Å². The Morgan fingerprint density at radius 3 is 2.35 bits per heavy atom. The molecule has 0 atom stereocenters. The van der Waals surface area contributed by atoms with E-state index < -0.39 is 4.92 Å². The van der Waals surface area contributed by atoms with Gasteiger partial charge < -0.3 is 8.83 Å². The first-order valence-electron chi connectivity index (χ1n) is 5.47. The molecule has 3 aromatic rings. The zero-order valence-electron chi connectivity index (χ0n) is 9.82. The number of furan rings is 1. The molecule has 7 nitrogen and oxygen atoms in total. The first-order valence-corrected chi connectivity index (χ1v) is 6.27. The van der Waals surface area contributed by atoms with Crippen molar-refractivity contribution in [3.05, 3.63) is 51.0 Å². The molecule has 0 radical (unpaired) electrons. The van der Waals surface area contributed by atoms with Gasteiger partial charge in [-0.25, -0.2) is 0 Å². The van der Waals surface area contributed by atoms with Crippen LogP contribution in [0.5, 0.6) is 0 Å². The summed E-state index contributed by atoms with van der Waals surface area (Å²) in [5, 5.41) is 18.2. The Labute approximate surface area is 120 Å². The van der Waals surface area contributed by atoms with Crippen molar-refractivity contribution in [2.45, 2.75) is 0 Å². The number of nitrogens with zero attached hydrogens (tertiary/aromatic N) is 3. The zero-order chi connectivity index (χ0) is 14.1. The molecule has 20 heavy (non-hydrogen) atoms. The van der Waals surface area contributed by atoms with Gasteiger partial charge in [0.15, 0.2) is 5.76 Å². The van der Waals surface area contributed by atoms with Crippen LogP contribution in [0.4, 0.5) is 5.88 Å². The number of aromatic nitrogens is 2. The van der Waals surface area contributed by atoms with Gasteiger partial charge in [-0.1, -0.05) is 15.9 Å². The summed E-state index contributed by atoms with van der Waals surface area (Å²) >= 11 is 3.33. The minimum Gasteiger partial charge on any atom is -0.413 e. The fourth-order valence-electron chi connectivity index (χ4n) is 1.57. The lowest BCUT2D eigenvalue weighted by Crippen LogP contribution is -1.82. The maximum Gasteiger partial charge on any atom is 0.433 e. The normalized spacial score (nSPS) is 10.7. The third-order valence-corrected chi connectivity index (χ3v) is 3.03. The number of rotatable bonds is 3. The van der Waals surface area contributed by atoms with Crippen molar-refractivity contribution in [2.24, 2.45) is 0 Å². The topological polar surface area (TPSA) is 95.2 Å². The van der Waals surface area contributed by atoms with Crippen LogP contribution in [0.1, 0.15) is 0 Å². The Morgan fingerprint density at radius 1 is 1.00 bits per heavy atom. The van der Waals surface area contributed by atoms with E-state index in [4.69, 9.17) is 8.83 Å². The van der Waals surface area contributed by atoms with Crippen LogP contribution in [0.2, 0.25) is 0 Å². The monoisotopic (exact) mass is 335 g/mol. The van der Waals surface area contributed by atoms with Crippen LogP contribution in [0.25, 0.3) is 23.1 Å². The highest BCUT2D eigenvalue weighted by Crippen LogP contribution is 2.28. The fourth-order valence-corrected chi connectivity index (χ4v) is 1.84. The Bertz CT molecular complexity index is 763. The molecular weight excluding hydrogens is 330 g/mol. The first-order chi connectivity index (χ1) is 9.63. The average molecular weight is 336 g/mol. The van der Waals surface area contributed by atoms with E-state index in [1.54, 1.807) is 0 Å². The van der Waals surface area contributed by atoms with Gasteiger partial charge in [0.05, 0.1) is 6.07 Å². The van der Waals surface area contributed by atoms with Gasteiger partial charge in [0.2, 0.25) is 5.89 Å². The van der Waals surface area contributed by atoms with Crippen molar-refractivity contribution in [3.8, 4) is 23.1 Å². The minimum atomic E-state index is -0.629. The van der Waals surface area contributed by atoms with E-state index in [0.29, 0.717) is 5.89 Å². The number of nitro groups is 1. The van der Waals surface area contributed by atoms with Crippen molar-refractivity contribution in [1.82, 2.24) is 10.2 Å². The van der Waals surface area contributed by atoms with Crippen LogP contribution < -0.4 is 0 Å². The second-order valence-corrected chi connectivity index (χ2v) is 4.73. The van der Waals surface area contributed by atoms with Gasteiger partial charge in [0.25, 0.3) is 5.89 Å². The predicted octanol–water partition coefficient (Wildman–Crippen LogP) is 3.67. The average Bonchev–Trinajstić information content (AvgIpc) is 3.08. The fraction of sp³-hybridized carbons (Fsp3) is 0. The Hall–Kier alpha value is -2.48. The molecule has 100 valence electrons. The molecule has 0 fully saturated rings. The molecule has 1 aromatic carbocycles. The maximum absolute atomic E-state index is 10.5. The van der Waals surface area contributed by atoms with E-state index in [2.05, 4.69) is 26.1 Å². The summed E-state index contributed by atoms with van der Waals surface area (Å²) < 4.78 is 11.4. The zero-order valence-corrected chi connectivity index (χ0v) is 11.4. The molecule has 0 amide bonds. The van der Waals surface area contributed by atoms with Crippen LogP contribution in [0.3, 0.4) is 0 Å². The molecule has 3 rings (SSSR count). The van der Waals surface area contributed by atoms with Crippen molar-refractivity contribution < 1.29 is 13.8 Å². The lowest BCUT2D eigenvalue weighted by molar-refractivity contribution is -0.401. The van der Waals surface area contributed by atoms with Crippen molar-refractivity contribution in [1.29, 1.82) is 0 Å². The summed E-state index contributed by atoms with van der Waals surface area (Å²) in [7, 11) is 0. The highest BCUT2D eigenvalue weighted by atomic mass is 79.9. The highest BCUT2D eigenvalue weighted by molar-refractivity contribution is 9.10. The van der Waals surface area contributed by atoms with Crippen LogP contribution >= 0.6 is 15.9 Å². The van der Waals surface area contributed by atoms with E-state index in [1.807, 2.05) is 24.3 Å². The summed E-state index contributed by atoms with van der Waals surface area (Å²) in [4.78, 5) is 9.92. The molecule has 8 heteroatoms. The van der Waals surface area contributed by atoms with E-state index in [1.165, 1.54) is 12.1 Å². The quantitative estimate of drug-likeness (QED) is 0.535. The Balaban J connectivity index is 1.93. The molecule has 0 aliphatic heterocycles. The molecule has 0 unspecified atom stereocenters.